The Morgan fingerprint density at radius 1 is 1.56 bits per heavy atom. The van der Waals surface area contributed by atoms with Crippen LogP contribution in [0.2, 0.25) is 0 Å². The Balaban J connectivity index is 2.43. The van der Waals surface area contributed by atoms with E-state index in [-0.39, 0.29) is 10.8 Å². The molecule has 1 saturated heterocycles. The van der Waals surface area contributed by atoms with E-state index in [1.54, 1.807) is 6.07 Å². The average Bonchev–Trinajstić information content (AvgIpc) is 2.64. The first-order valence-electron chi connectivity index (χ1n) is 5.45. The number of nitrogens with two attached hydrogens (primary N) is 1. The van der Waals surface area contributed by atoms with E-state index in [9.17, 15) is 4.39 Å². The average molecular weight is 238 g/mol. The van der Waals surface area contributed by atoms with E-state index in [1.165, 1.54) is 12.1 Å². The van der Waals surface area contributed by atoms with Gasteiger partial charge in [0, 0.05) is 23.8 Å². The van der Waals surface area contributed by atoms with Crippen molar-refractivity contribution in [1.29, 1.82) is 0 Å². The first-order chi connectivity index (χ1) is 7.59. The van der Waals surface area contributed by atoms with E-state index in [0.717, 1.165) is 25.1 Å². The summed E-state index contributed by atoms with van der Waals surface area (Å²) in [5, 5.41) is 0. The summed E-state index contributed by atoms with van der Waals surface area (Å²) in [5.74, 6) is -0.293. The molecule has 0 aliphatic carbocycles. The summed E-state index contributed by atoms with van der Waals surface area (Å²) < 4.78 is 13.2. The van der Waals surface area contributed by atoms with Crippen molar-refractivity contribution >= 4 is 22.9 Å². The van der Waals surface area contributed by atoms with Crippen molar-refractivity contribution in [2.75, 3.05) is 11.4 Å². The molecule has 1 fully saturated rings. The largest absolute Gasteiger partial charge is 0.389 e. The van der Waals surface area contributed by atoms with Gasteiger partial charge in [0.05, 0.1) is 0 Å². The normalized spacial score (nSPS) is 20.1. The van der Waals surface area contributed by atoms with Crippen molar-refractivity contribution in [1.82, 2.24) is 0 Å². The van der Waals surface area contributed by atoms with E-state index in [4.69, 9.17) is 18.0 Å². The fourth-order valence-corrected chi connectivity index (χ4v) is 2.41. The number of rotatable bonds is 2. The smallest absolute Gasteiger partial charge is 0.124 e. The van der Waals surface area contributed by atoms with Gasteiger partial charge in [0.25, 0.3) is 0 Å². The van der Waals surface area contributed by atoms with Crippen LogP contribution in [0.5, 0.6) is 0 Å². The summed E-state index contributed by atoms with van der Waals surface area (Å²) in [7, 11) is 0. The number of nitrogens with zero attached hydrogens (tertiary/aromatic N) is 1. The van der Waals surface area contributed by atoms with Crippen LogP contribution in [0, 0.1) is 5.82 Å². The van der Waals surface area contributed by atoms with Gasteiger partial charge in [-0.05, 0) is 38.0 Å². The van der Waals surface area contributed by atoms with E-state index in [2.05, 4.69) is 11.8 Å². The molecule has 0 radical (unpaired) electrons. The van der Waals surface area contributed by atoms with Crippen molar-refractivity contribution < 1.29 is 4.39 Å². The van der Waals surface area contributed by atoms with Crippen molar-refractivity contribution in [2.45, 2.75) is 25.8 Å². The fraction of sp³-hybridized carbons (Fsp3) is 0.417. The third-order valence-electron chi connectivity index (χ3n) is 3.09. The molecule has 1 aromatic rings. The maximum atomic E-state index is 13.2. The van der Waals surface area contributed by atoms with Gasteiger partial charge in [-0.3, -0.25) is 0 Å². The molecule has 1 aliphatic heterocycles. The molecule has 0 spiro atoms. The molecular formula is C12H15FN2S. The Morgan fingerprint density at radius 2 is 2.31 bits per heavy atom. The highest BCUT2D eigenvalue weighted by molar-refractivity contribution is 7.80. The number of anilines is 1. The molecular weight excluding hydrogens is 223 g/mol. The van der Waals surface area contributed by atoms with Crippen LogP contribution in [-0.4, -0.2) is 17.6 Å². The van der Waals surface area contributed by atoms with Gasteiger partial charge in [0.1, 0.15) is 10.8 Å². The molecule has 2 nitrogen and oxygen atoms in total. The summed E-state index contributed by atoms with van der Waals surface area (Å²) >= 11 is 4.97. The Hall–Kier alpha value is -1.16. The molecule has 2 rings (SSSR count). The Labute approximate surface area is 100 Å². The maximum absolute atomic E-state index is 13.2. The first kappa shape index (κ1) is 11.3. The van der Waals surface area contributed by atoms with Gasteiger partial charge < -0.3 is 10.6 Å². The minimum Gasteiger partial charge on any atom is -0.389 e. The SMILES string of the molecule is CC1CCCN1c1ccc(F)cc1C(N)=S. The Bertz CT molecular complexity index is 419. The molecule has 0 amide bonds. The Morgan fingerprint density at radius 3 is 2.88 bits per heavy atom. The molecule has 1 heterocycles. The predicted octanol–water partition coefficient (Wildman–Crippen LogP) is 2.45. The number of benzene rings is 1. The monoisotopic (exact) mass is 238 g/mol. The third kappa shape index (κ3) is 2.02. The van der Waals surface area contributed by atoms with E-state index < -0.39 is 0 Å². The van der Waals surface area contributed by atoms with Crippen LogP contribution in [-0.2, 0) is 0 Å². The van der Waals surface area contributed by atoms with Crippen LogP contribution in [0.3, 0.4) is 0 Å². The van der Waals surface area contributed by atoms with E-state index in [1.807, 2.05) is 0 Å². The maximum Gasteiger partial charge on any atom is 0.124 e. The highest BCUT2D eigenvalue weighted by Crippen LogP contribution is 2.29. The van der Waals surface area contributed by atoms with Gasteiger partial charge in [-0.25, -0.2) is 4.39 Å². The molecule has 16 heavy (non-hydrogen) atoms. The van der Waals surface area contributed by atoms with Crippen LogP contribution in [0.25, 0.3) is 0 Å². The second-order valence-corrected chi connectivity index (χ2v) is 4.65. The zero-order valence-corrected chi connectivity index (χ0v) is 10.1. The van der Waals surface area contributed by atoms with E-state index >= 15 is 0 Å². The number of halogens is 1. The molecule has 0 saturated carbocycles. The second kappa shape index (κ2) is 4.37. The third-order valence-corrected chi connectivity index (χ3v) is 3.31. The topological polar surface area (TPSA) is 29.3 Å². The molecule has 2 N–H and O–H groups in total. The summed E-state index contributed by atoms with van der Waals surface area (Å²) in [6.07, 6.45) is 2.32. The van der Waals surface area contributed by atoms with E-state index in [0.29, 0.717) is 11.6 Å². The summed E-state index contributed by atoms with van der Waals surface area (Å²) in [6, 6.07) is 5.12. The molecule has 0 bridgehead atoms. The fourth-order valence-electron chi connectivity index (χ4n) is 2.25. The van der Waals surface area contributed by atoms with Crippen LogP contribution >= 0.6 is 12.2 Å². The highest BCUT2D eigenvalue weighted by atomic mass is 32.1. The lowest BCUT2D eigenvalue weighted by molar-refractivity contribution is 0.626. The van der Waals surface area contributed by atoms with Crippen molar-refractivity contribution in [3.63, 3.8) is 0 Å². The van der Waals surface area contributed by atoms with Gasteiger partial charge in [-0.15, -0.1) is 0 Å². The molecule has 1 unspecified atom stereocenters. The first-order valence-corrected chi connectivity index (χ1v) is 5.86. The lowest BCUT2D eigenvalue weighted by Gasteiger charge is -2.26. The van der Waals surface area contributed by atoms with Gasteiger partial charge in [-0.1, -0.05) is 12.2 Å². The summed E-state index contributed by atoms with van der Waals surface area (Å²) in [6.45, 7) is 3.15. The number of thiocarbonyl (C=S) groups is 1. The zero-order chi connectivity index (χ0) is 11.7. The van der Waals surface area contributed by atoms with Crippen LogP contribution in [0.15, 0.2) is 18.2 Å². The lowest BCUT2D eigenvalue weighted by atomic mass is 10.1. The lowest BCUT2D eigenvalue weighted by Crippen LogP contribution is -2.29. The van der Waals surface area contributed by atoms with Gasteiger partial charge in [0.15, 0.2) is 0 Å². The van der Waals surface area contributed by atoms with Crippen molar-refractivity contribution in [2.24, 2.45) is 5.73 Å². The van der Waals surface area contributed by atoms with Crippen molar-refractivity contribution in [3.05, 3.63) is 29.6 Å². The minimum absolute atomic E-state index is 0.258. The molecule has 1 aliphatic rings. The summed E-state index contributed by atoms with van der Waals surface area (Å²) in [5.41, 5.74) is 7.23. The minimum atomic E-state index is -0.293. The molecule has 1 aromatic carbocycles. The van der Waals surface area contributed by atoms with Crippen molar-refractivity contribution in [3.8, 4) is 0 Å². The molecule has 1 atom stereocenters. The van der Waals surface area contributed by atoms with Crippen LogP contribution in [0.4, 0.5) is 10.1 Å². The highest BCUT2D eigenvalue weighted by Gasteiger charge is 2.23. The van der Waals surface area contributed by atoms with Gasteiger partial charge >= 0.3 is 0 Å². The molecule has 86 valence electrons. The van der Waals surface area contributed by atoms with Crippen LogP contribution < -0.4 is 10.6 Å². The van der Waals surface area contributed by atoms with Crippen LogP contribution in [0.1, 0.15) is 25.3 Å². The quantitative estimate of drug-likeness (QED) is 0.802. The summed E-state index contributed by atoms with van der Waals surface area (Å²) in [4.78, 5) is 2.50. The number of hydrogen-bond donors (Lipinski definition) is 1. The second-order valence-electron chi connectivity index (χ2n) is 4.21. The predicted molar refractivity (Wildman–Crippen MR) is 68.3 cm³/mol. The Kier molecular flexibility index (Phi) is 3.10. The molecule has 4 heteroatoms. The standard InChI is InChI=1S/C12H15FN2S/c1-8-3-2-6-15(8)11-5-4-9(13)7-10(11)12(14)16/h4-5,7-8H,2-3,6H2,1H3,(H2,14,16). The van der Waals surface area contributed by atoms with Gasteiger partial charge in [0.2, 0.25) is 0 Å². The van der Waals surface area contributed by atoms with Gasteiger partial charge in [-0.2, -0.15) is 0 Å². The molecule has 0 aromatic heterocycles. The zero-order valence-electron chi connectivity index (χ0n) is 9.24. The number of hydrogen-bond acceptors (Lipinski definition) is 2.